The van der Waals surface area contributed by atoms with Crippen LogP contribution < -0.4 is 5.32 Å². The fraction of sp³-hybridized carbons (Fsp3) is 0.263. The Balaban J connectivity index is 1.76. The Bertz CT molecular complexity index is 1260. The summed E-state index contributed by atoms with van der Waals surface area (Å²) in [5.41, 5.74) is 3.07. The maximum Gasteiger partial charge on any atom is 0.252 e. The largest absolute Gasteiger partial charge is 0.445 e. The van der Waals surface area contributed by atoms with Gasteiger partial charge in [0.2, 0.25) is 21.7 Å². The van der Waals surface area contributed by atoms with Gasteiger partial charge in [0.05, 0.1) is 12.4 Å². The zero-order chi connectivity index (χ0) is 20.6. The Morgan fingerprint density at radius 3 is 2.69 bits per heavy atom. The summed E-state index contributed by atoms with van der Waals surface area (Å²) in [4.78, 5) is 12.6. The first kappa shape index (κ1) is 19.1. The van der Waals surface area contributed by atoms with Crippen molar-refractivity contribution in [3.05, 3.63) is 54.0 Å². The standard InChI is InChI=1S/C19H20N6O3S/c1-12(2)15-11-22-25-16(15)23-19(29(3,26)27)24-18(25)21-10-13-6-4-5-7-14(13)17-20-8-9-28-17/h4-9,11-12H,10H2,1-3H3,(H,21,23,24). The highest BCUT2D eigenvalue weighted by atomic mass is 32.2. The molecule has 150 valence electrons. The predicted octanol–water partition coefficient (Wildman–Crippen LogP) is 2.92. The smallest absolute Gasteiger partial charge is 0.252 e. The Hall–Kier alpha value is -3.27. The normalized spacial score (nSPS) is 12.0. The van der Waals surface area contributed by atoms with Crippen molar-refractivity contribution in [2.45, 2.75) is 31.5 Å². The Labute approximate surface area is 167 Å². The molecule has 0 amide bonds. The van der Waals surface area contributed by atoms with Crippen molar-refractivity contribution in [3.8, 4) is 11.5 Å². The number of rotatable bonds is 6. The van der Waals surface area contributed by atoms with E-state index in [1.54, 1.807) is 12.4 Å². The van der Waals surface area contributed by atoms with Gasteiger partial charge in [-0.25, -0.2) is 13.4 Å². The van der Waals surface area contributed by atoms with Gasteiger partial charge in [-0.15, -0.1) is 0 Å². The van der Waals surface area contributed by atoms with E-state index in [4.69, 9.17) is 4.42 Å². The van der Waals surface area contributed by atoms with Crippen LogP contribution in [0.3, 0.4) is 0 Å². The molecule has 0 aliphatic heterocycles. The van der Waals surface area contributed by atoms with Crippen LogP contribution in [0.5, 0.6) is 0 Å². The number of benzene rings is 1. The highest BCUT2D eigenvalue weighted by Crippen LogP contribution is 2.24. The predicted molar refractivity (Wildman–Crippen MR) is 107 cm³/mol. The number of anilines is 1. The molecule has 3 aromatic heterocycles. The van der Waals surface area contributed by atoms with Crippen LogP contribution in [0.2, 0.25) is 0 Å². The lowest BCUT2D eigenvalue weighted by molar-refractivity contribution is 0.574. The van der Waals surface area contributed by atoms with E-state index in [0.717, 1.165) is 22.9 Å². The maximum atomic E-state index is 12.1. The van der Waals surface area contributed by atoms with Crippen LogP contribution in [0.1, 0.15) is 30.9 Å². The first-order chi connectivity index (χ1) is 13.8. The van der Waals surface area contributed by atoms with E-state index in [-0.39, 0.29) is 11.1 Å². The monoisotopic (exact) mass is 412 g/mol. The van der Waals surface area contributed by atoms with Crippen molar-refractivity contribution in [1.82, 2.24) is 24.6 Å². The van der Waals surface area contributed by atoms with E-state index in [9.17, 15) is 8.42 Å². The minimum Gasteiger partial charge on any atom is -0.445 e. The number of nitrogens with zero attached hydrogens (tertiary/aromatic N) is 5. The summed E-state index contributed by atoms with van der Waals surface area (Å²) in [6.07, 6.45) is 5.88. The molecule has 0 aliphatic carbocycles. The van der Waals surface area contributed by atoms with Gasteiger partial charge in [-0.1, -0.05) is 32.0 Å². The van der Waals surface area contributed by atoms with Gasteiger partial charge in [0.1, 0.15) is 6.26 Å². The van der Waals surface area contributed by atoms with Crippen molar-refractivity contribution >= 4 is 21.4 Å². The second-order valence-corrected chi connectivity index (χ2v) is 8.85. The van der Waals surface area contributed by atoms with Crippen molar-refractivity contribution in [3.63, 3.8) is 0 Å². The third-order valence-electron chi connectivity index (χ3n) is 4.45. The summed E-state index contributed by atoms with van der Waals surface area (Å²) in [5, 5.41) is 7.30. The van der Waals surface area contributed by atoms with Crippen LogP contribution in [0.4, 0.5) is 5.95 Å². The van der Waals surface area contributed by atoms with E-state index in [2.05, 4.69) is 25.4 Å². The third-order valence-corrected chi connectivity index (χ3v) is 5.29. The summed E-state index contributed by atoms with van der Waals surface area (Å²) < 4.78 is 31.2. The molecule has 10 heteroatoms. The molecule has 0 fully saturated rings. The zero-order valence-corrected chi connectivity index (χ0v) is 17.0. The van der Waals surface area contributed by atoms with Gasteiger partial charge in [-0.2, -0.15) is 19.6 Å². The summed E-state index contributed by atoms with van der Waals surface area (Å²) in [7, 11) is -3.59. The summed E-state index contributed by atoms with van der Waals surface area (Å²) in [5.74, 6) is 0.936. The van der Waals surface area contributed by atoms with Gasteiger partial charge in [-0.3, -0.25) is 0 Å². The first-order valence-corrected chi connectivity index (χ1v) is 10.9. The number of hydrogen-bond acceptors (Lipinski definition) is 8. The first-order valence-electron chi connectivity index (χ1n) is 9.02. The Kier molecular flexibility index (Phi) is 4.79. The number of hydrogen-bond donors (Lipinski definition) is 1. The van der Waals surface area contributed by atoms with E-state index in [1.165, 1.54) is 10.8 Å². The van der Waals surface area contributed by atoms with Crippen LogP contribution in [0.15, 0.2) is 52.5 Å². The van der Waals surface area contributed by atoms with Gasteiger partial charge < -0.3 is 9.73 Å². The molecule has 0 radical (unpaired) electrons. The fourth-order valence-corrected chi connectivity index (χ4v) is 3.48. The quantitative estimate of drug-likeness (QED) is 0.514. The lowest BCUT2D eigenvalue weighted by atomic mass is 10.1. The van der Waals surface area contributed by atoms with Crippen LogP contribution >= 0.6 is 0 Å². The molecule has 29 heavy (non-hydrogen) atoms. The van der Waals surface area contributed by atoms with Gasteiger partial charge in [0.25, 0.3) is 5.16 Å². The zero-order valence-electron chi connectivity index (χ0n) is 16.2. The molecule has 0 atom stereocenters. The Morgan fingerprint density at radius 2 is 2.00 bits per heavy atom. The van der Waals surface area contributed by atoms with E-state index in [1.807, 2.05) is 38.1 Å². The Morgan fingerprint density at radius 1 is 1.21 bits per heavy atom. The fourth-order valence-electron chi connectivity index (χ4n) is 2.98. The van der Waals surface area contributed by atoms with Gasteiger partial charge in [-0.05, 0) is 17.5 Å². The van der Waals surface area contributed by atoms with Crippen LogP contribution in [-0.2, 0) is 16.4 Å². The van der Waals surface area contributed by atoms with E-state index < -0.39 is 9.84 Å². The number of sulfone groups is 1. The molecular weight excluding hydrogens is 392 g/mol. The second kappa shape index (κ2) is 7.28. The van der Waals surface area contributed by atoms with Crippen molar-refractivity contribution in [2.75, 3.05) is 11.6 Å². The number of nitrogens with one attached hydrogen (secondary N) is 1. The number of oxazole rings is 1. The summed E-state index contributed by atoms with van der Waals surface area (Å²) >= 11 is 0. The maximum absolute atomic E-state index is 12.1. The van der Waals surface area contributed by atoms with Gasteiger partial charge >= 0.3 is 0 Å². The molecule has 1 N–H and O–H groups in total. The van der Waals surface area contributed by atoms with Crippen molar-refractivity contribution in [2.24, 2.45) is 0 Å². The summed E-state index contributed by atoms with van der Waals surface area (Å²) in [6.45, 7) is 4.36. The molecule has 0 saturated carbocycles. The van der Waals surface area contributed by atoms with Crippen LogP contribution in [-0.4, -0.2) is 39.2 Å². The molecule has 0 bridgehead atoms. The average Bonchev–Trinajstić information content (AvgIpc) is 3.35. The van der Waals surface area contributed by atoms with Gasteiger partial charge in [0.15, 0.2) is 5.65 Å². The average molecular weight is 412 g/mol. The second-order valence-electron chi connectivity index (χ2n) is 6.94. The molecule has 3 heterocycles. The third kappa shape index (κ3) is 3.70. The van der Waals surface area contributed by atoms with Crippen molar-refractivity contribution in [1.29, 1.82) is 0 Å². The number of fused-ring (bicyclic) bond motifs is 1. The van der Waals surface area contributed by atoms with Gasteiger partial charge in [0, 0.05) is 23.9 Å². The van der Waals surface area contributed by atoms with Crippen LogP contribution in [0, 0.1) is 0 Å². The van der Waals surface area contributed by atoms with E-state index >= 15 is 0 Å². The van der Waals surface area contributed by atoms with Crippen molar-refractivity contribution < 1.29 is 12.8 Å². The lowest BCUT2D eigenvalue weighted by Gasteiger charge is -2.11. The SMILES string of the molecule is CC(C)c1cnn2c(NCc3ccccc3-c3ncco3)nc(S(C)(=O)=O)nc12. The van der Waals surface area contributed by atoms with E-state index in [0.29, 0.717) is 24.0 Å². The minimum atomic E-state index is -3.59. The molecule has 9 nitrogen and oxygen atoms in total. The molecule has 0 aliphatic rings. The highest BCUT2D eigenvalue weighted by Gasteiger charge is 2.20. The summed E-state index contributed by atoms with van der Waals surface area (Å²) in [6, 6.07) is 7.65. The molecule has 0 spiro atoms. The lowest BCUT2D eigenvalue weighted by Crippen LogP contribution is -2.14. The molecule has 4 aromatic rings. The molecule has 1 aromatic carbocycles. The van der Waals surface area contributed by atoms with Crippen LogP contribution in [0.25, 0.3) is 17.1 Å². The topological polar surface area (TPSA) is 115 Å². The molecular formula is C19H20N6O3S. The molecule has 4 rings (SSSR count). The number of aromatic nitrogens is 5. The highest BCUT2D eigenvalue weighted by molar-refractivity contribution is 7.90. The minimum absolute atomic E-state index is 0.133. The molecule has 0 unspecified atom stereocenters. The molecule has 0 saturated heterocycles.